The third kappa shape index (κ3) is 4.20. The normalized spacial score (nSPS) is 11.0. The van der Waals surface area contributed by atoms with E-state index in [-0.39, 0.29) is 23.8 Å². The molecule has 7 nitrogen and oxygen atoms in total. The second-order valence-electron chi connectivity index (χ2n) is 5.59. The molecule has 0 fully saturated rings. The largest absolute Gasteiger partial charge is 0.394 e. The number of carbonyl (C=O) groups is 1. The first-order valence-corrected chi connectivity index (χ1v) is 9.36. The molecule has 1 aromatic heterocycles. The lowest BCUT2D eigenvalue weighted by Crippen LogP contribution is -2.26. The van der Waals surface area contributed by atoms with Crippen LogP contribution in [0.2, 0.25) is 10.0 Å². The van der Waals surface area contributed by atoms with Crippen molar-refractivity contribution in [2.75, 3.05) is 18.5 Å². The van der Waals surface area contributed by atoms with Crippen molar-refractivity contribution in [3.63, 3.8) is 0 Å². The SMILES string of the molecule is Cn1cnc2c(Cl)c(Nc3ccc(Br)cc3Cl)c(C(=O)NOCCO)cc21. The first-order chi connectivity index (χ1) is 12.9. The van der Waals surface area contributed by atoms with Crippen LogP contribution in [0.1, 0.15) is 10.4 Å². The third-order valence-electron chi connectivity index (χ3n) is 3.75. The number of anilines is 2. The molecular formula is C17H15BrCl2N4O3. The number of hydroxylamine groups is 1. The summed E-state index contributed by atoms with van der Waals surface area (Å²) in [6.07, 6.45) is 1.61. The van der Waals surface area contributed by atoms with E-state index in [2.05, 4.69) is 31.7 Å². The molecule has 3 aromatic rings. The summed E-state index contributed by atoms with van der Waals surface area (Å²) in [5, 5.41) is 12.6. The average Bonchev–Trinajstić information content (AvgIpc) is 3.00. The fraction of sp³-hybridized carbons (Fsp3) is 0.176. The van der Waals surface area contributed by atoms with E-state index < -0.39 is 5.91 Å². The molecule has 0 saturated heterocycles. The molecule has 0 unspecified atom stereocenters. The first kappa shape index (κ1) is 19.9. The molecule has 2 aromatic carbocycles. The molecule has 27 heavy (non-hydrogen) atoms. The van der Waals surface area contributed by atoms with E-state index in [0.717, 1.165) is 4.47 Å². The third-order valence-corrected chi connectivity index (χ3v) is 4.93. The second-order valence-corrected chi connectivity index (χ2v) is 7.29. The molecule has 142 valence electrons. The Labute approximate surface area is 173 Å². The quantitative estimate of drug-likeness (QED) is 0.371. The number of hydrogen-bond donors (Lipinski definition) is 3. The number of rotatable bonds is 6. The lowest BCUT2D eigenvalue weighted by atomic mass is 10.1. The zero-order valence-electron chi connectivity index (χ0n) is 14.1. The van der Waals surface area contributed by atoms with E-state index >= 15 is 0 Å². The van der Waals surface area contributed by atoms with Crippen LogP contribution in [0, 0.1) is 0 Å². The van der Waals surface area contributed by atoms with Gasteiger partial charge in [0.2, 0.25) is 0 Å². The molecule has 3 rings (SSSR count). The highest BCUT2D eigenvalue weighted by Gasteiger charge is 2.21. The highest BCUT2D eigenvalue weighted by atomic mass is 79.9. The van der Waals surface area contributed by atoms with Gasteiger partial charge in [0.15, 0.2) is 0 Å². The first-order valence-electron chi connectivity index (χ1n) is 7.81. The number of hydrogen-bond acceptors (Lipinski definition) is 5. The van der Waals surface area contributed by atoms with Crippen LogP contribution in [0.25, 0.3) is 11.0 Å². The number of benzene rings is 2. The minimum atomic E-state index is -0.524. The van der Waals surface area contributed by atoms with Crippen molar-refractivity contribution in [3.8, 4) is 0 Å². The summed E-state index contributed by atoms with van der Waals surface area (Å²) in [5.74, 6) is -0.524. The number of amides is 1. The molecule has 0 atom stereocenters. The van der Waals surface area contributed by atoms with Gasteiger partial charge < -0.3 is 15.0 Å². The Morgan fingerprint density at radius 1 is 1.37 bits per heavy atom. The number of aliphatic hydroxyl groups excluding tert-OH is 1. The Bertz CT molecular complexity index is 1010. The number of imidazole rings is 1. The Morgan fingerprint density at radius 3 is 2.85 bits per heavy atom. The van der Waals surface area contributed by atoms with Gasteiger partial charge in [-0.2, -0.15) is 0 Å². The lowest BCUT2D eigenvalue weighted by molar-refractivity contribution is 0.0169. The van der Waals surface area contributed by atoms with Gasteiger partial charge in [-0.15, -0.1) is 0 Å². The van der Waals surface area contributed by atoms with Crippen LogP contribution in [-0.4, -0.2) is 33.8 Å². The van der Waals surface area contributed by atoms with Crippen LogP contribution in [-0.2, 0) is 11.9 Å². The summed E-state index contributed by atoms with van der Waals surface area (Å²) >= 11 is 16.2. The molecule has 0 aliphatic rings. The number of halogens is 3. The van der Waals surface area contributed by atoms with Crippen molar-refractivity contribution in [3.05, 3.63) is 50.7 Å². The molecule has 0 aliphatic heterocycles. The minimum Gasteiger partial charge on any atom is -0.394 e. The molecular weight excluding hydrogens is 459 g/mol. The fourth-order valence-corrected chi connectivity index (χ4v) is 3.48. The standard InChI is InChI=1S/C17H15BrCl2N4O3/c1-24-8-21-16-13(24)7-10(17(26)23-27-5-4-25)15(14(16)20)22-12-3-2-9(18)6-11(12)19/h2-3,6-8,22,25H,4-5H2,1H3,(H,23,26). The van der Waals surface area contributed by atoms with E-state index in [1.165, 1.54) is 0 Å². The zero-order chi connectivity index (χ0) is 19.6. The van der Waals surface area contributed by atoms with E-state index in [1.807, 2.05) is 6.07 Å². The molecule has 0 radical (unpaired) electrons. The highest BCUT2D eigenvalue weighted by molar-refractivity contribution is 9.10. The molecule has 3 N–H and O–H groups in total. The van der Waals surface area contributed by atoms with Crippen molar-refractivity contribution in [2.24, 2.45) is 7.05 Å². The number of aromatic nitrogens is 2. The van der Waals surface area contributed by atoms with Gasteiger partial charge in [0.1, 0.15) is 5.52 Å². The van der Waals surface area contributed by atoms with Crippen LogP contribution < -0.4 is 10.8 Å². The minimum absolute atomic E-state index is 0.0330. The maximum atomic E-state index is 12.6. The summed E-state index contributed by atoms with van der Waals surface area (Å²) in [7, 11) is 1.80. The van der Waals surface area contributed by atoms with Crippen molar-refractivity contribution < 1.29 is 14.7 Å². The van der Waals surface area contributed by atoms with Crippen molar-refractivity contribution >= 4 is 67.4 Å². The van der Waals surface area contributed by atoms with E-state index in [9.17, 15) is 4.79 Å². The molecule has 0 aliphatic carbocycles. The number of aryl methyl sites for hydroxylation is 1. The van der Waals surface area contributed by atoms with Gasteiger partial charge in [-0.05, 0) is 24.3 Å². The van der Waals surface area contributed by atoms with Crippen LogP contribution in [0.5, 0.6) is 0 Å². The van der Waals surface area contributed by atoms with Gasteiger partial charge in [-0.3, -0.25) is 9.63 Å². The van der Waals surface area contributed by atoms with E-state index in [4.69, 9.17) is 33.1 Å². The van der Waals surface area contributed by atoms with Crippen LogP contribution in [0.4, 0.5) is 11.4 Å². The Hall–Kier alpha value is -1.84. The Morgan fingerprint density at radius 2 is 2.15 bits per heavy atom. The molecule has 0 spiro atoms. The predicted octanol–water partition coefficient (Wildman–Crippen LogP) is 4.04. The number of fused-ring (bicyclic) bond motifs is 1. The molecule has 10 heteroatoms. The van der Waals surface area contributed by atoms with Gasteiger partial charge in [-0.1, -0.05) is 39.1 Å². The predicted molar refractivity (Wildman–Crippen MR) is 109 cm³/mol. The number of aliphatic hydroxyl groups is 1. The maximum absolute atomic E-state index is 12.6. The van der Waals surface area contributed by atoms with Crippen LogP contribution >= 0.6 is 39.1 Å². The number of nitrogens with zero attached hydrogens (tertiary/aromatic N) is 2. The number of carbonyl (C=O) groups excluding carboxylic acids is 1. The van der Waals surface area contributed by atoms with Crippen molar-refractivity contribution in [1.29, 1.82) is 0 Å². The van der Waals surface area contributed by atoms with E-state index in [0.29, 0.717) is 27.4 Å². The van der Waals surface area contributed by atoms with E-state index in [1.54, 1.807) is 36.1 Å². The topological polar surface area (TPSA) is 88.4 Å². The summed E-state index contributed by atoms with van der Waals surface area (Å²) in [5.41, 5.74) is 4.67. The van der Waals surface area contributed by atoms with Gasteiger partial charge in [0.25, 0.3) is 5.91 Å². The summed E-state index contributed by atoms with van der Waals surface area (Å²) in [4.78, 5) is 21.8. The van der Waals surface area contributed by atoms with Crippen LogP contribution in [0.3, 0.4) is 0 Å². The Balaban J connectivity index is 2.09. The lowest BCUT2D eigenvalue weighted by Gasteiger charge is -2.16. The monoisotopic (exact) mass is 472 g/mol. The highest BCUT2D eigenvalue weighted by Crippen LogP contribution is 2.37. The van der Waals surface area contributed by atoms with Crippen molar-refractivity contribution in [1.82, 2.24) is 15.0 Å². The number of nitrogens with one attached hydrogen (secondary N) is 2. The summed E-state index contributed by atoms with van der Waals surface area (Å²) in [6.45, 7) is -0.254. The molecule has 1 heterocycles. The maximum Gasteiger partial charge on any atom is 0.277 e. The summed E-state index contributed by atoms with van der Waals surface area (Å²) < 4.78 is 2.57. The van der Waals surface area contributed by atoms with Gasteiger partial charge in [0.05, 0.1) is 52.0 Å². The Kier molecular flexibility index (Phi) is 6.23. The molecule has 1 amide bonds. The van der Waals surface area contributed by atoms with Gasteiger partial charge >= 0.3 is 0 Å². The smallest absolute Gasteiger partial charge is 0.277 e. The molecule has 0 bridgehead atoms. The van der Waals surface area contributed by atoms with Crippen molar-refractivity contribution in [2.45, 2.75) is 0 Å². The zero-order valence-corrected chi connectivity index (χ0v) is 17.2. The van der Waals surface area contributed by atoms with Gasteiger partial charge in [0, 0.05) is 11.5 Å². The van der Waals surface area contributed by atoms with Gasteiger partial charge in [-0.25, -0.2) is 10.5 Å². The average molecular weight is 474 g/mol. The van der Waals surface area contributed by atoms with Crippen LogP contribution in [0.15, 0.2) is 35.1 Å². The fourth-order valence-electron chi connectivity index (χ4n) is 2.47. The summed E-state index contributed by atoms with van der Waals surface area (Å²) in [6, 6.07) is 6.95. The second kappa shape index (κ2) is 8.45. The molecule has 0 saturated carbocycles.